The van der Waals surface area contributed by atoms with Gasteiger partial charge in [0.25, 0.3) is 11.8 Å². The summed E-state index contributed by atoms with van der Waals surface area (Å²) < 4.78 is 1.24. The fourth-order valence-corrected chi connectivity index (χ4v) is 5.21. The Hall–Kier alpha value is -3.28. The van der Waals surface area contributed by atoms with E-state index < -0.39 is 29.7 Å². The molecule has 5 amide bonds. The predicted octanol–water partition coefficient (Wildman–Crippen LogP) is 3.60. The highest BCUT2D eigenvalue weighted by atomic mass is 127. The molecule has 10 heteroatoms. The van der Waals surface area contributed by atoms with Gasteiger partial charge in [-0.15, -0.1) is 0 Å². The van der Waals surface area contributed by atoms with Crippen LogP contribution in [0, 0.1) is 17.4 Å². The van der Waals surface area contributed by atoms with E-state index >= 15 is 0 Å². The van der Waals surface area contributed by atoms with E-state index in [0.29, 0.717) is 25.2 Å². The Morgan fingerprint density at radius 3 is 2.50 bits per heavy atom. The van der Waals surface area contributed by atoms with Gasteiger partial charge in [0, 0.05) is 35.2 Å². The third-order valence-corrected chi connectivity index (χ3v) is 8.55. The van der Waals surface area contributed by atoms with Crippen molar-refractivity contribution in [1.29, 1.82) is 0 Å². The second-order valence-electron chi connectivity index (χ2n) is 9.73. The van der Waals surface area contributed by atoms with Gasteiger partial charge < -0.3 is 10.6 Å². The monoisotopic (exact) mass is 630 g/mol. The third-order valence-electron chi connectivity index (χ3n) is 6.85. The van der Waals surface area contributed by atoms with Crippen LogP contribution in [0.15, 0.2) is 30.3 Å². The van der Waals surface area contributed by atoms with Crippen molar-refractivity contribution in [2.45, 2.75) is 65.0 Å². The lowest BCUT2D eigenvalue weighted by molar-refractivity contribution is -0.136. The first-order valence-electron chi connectivity index (χ1n) is 12.8. The minimum absolute atomic E-state index is 0.0188. The Morgan fingerprint density at radius 2 is 1.79 bits per heavy atom. The molecule has 1 saturated heterocycles. The molecule has 1 fully saturated rings. The Kier molecular flexibility index (Phi) is 8.80. The zero-order valence-corrected chi connectivity index (χ0v) is 23.6. The number of unbranched alkanes of at least 4 members (excludes halogenated alkanes) is 2. The van der Waals surface area contributed by atoms with Crippen LogP contribution >= 0.6 is 22.6 Å². The number of benzene rings is 2. The standard InChI is InChI=1S/C28H31IN4O5/c1-16-13-18(14-17(2)25(16)29)15-31-22(34)9-4-3-5-12-30-20-8-6-7-19-24(20)28(38)33(27(19)37)21-10-11-23(35)32-26(21)36/h6-8,13-14,21,30H,3-5,9-12,15H2,1-2H3,(H,31,34)(H,32,35,36). The van der Waals surface area contributed by atoms with E-state index in [9.17, 15) is 24.0 Å². The highest BCUT2D eigenvalue weighted by Crippen LogP contribution is 2.32. The third kappa shape index (κ3) is 6.06. The van der Waals surface area contributed by atoms with E-state index in [1.807, 2.05) is 0 Å². The maximum absolute atomic E-state index is 13.1. The summed E-state index contributed by atoms with van der Waals surface area (Å²) >= 11 is 2.33. The zero-order valence-electron chi connectivity index (χ0n) is 21.5. The Morgan fingerprint density at radius 1 is 1.05 bits per heavy atom. The summed E-state index contributed by atoms with van der Waals surface area (Å²) in [4.78, 5) is 63.0. The van der Waals surface area contributed by atoms with Crippen LogP contribution in [0.2, 0.25) is 0 Å². The van der Waals surface area contributed by atoms with Crippen molar-refractivity contribution in [2.75, 3.05) is 11.9 Å². The number of carbonyl (C=O) groups excluding carboxylic acids is 5. The van der Waals surface area contributed by atoms with Gasteiger partial charge in [-0.3, -0.25) is 34.2 Å². The van der Waals surface area contributed by atoms with Crippen LogP contribution in [0.3, 0.4) is 0 Å². The average molecular weight is 630 g/mol. The average Bonchev–Trinajstić information content (AvgIpc) is 3.13. The topological polar surface area (TPSA) is 125 Å². The van der Waals surface area contributed by atoms with Gasteiger partial charge in [-0.2, -0.15) is 0 Å². The summed E-state index contributed by atoms with van der Waals surface area (Å²) in [5.41, 5.74) is 4.55. The molecule has 0 aromatic heterocycles. The van der Waals surface area contributed by atoms with Crippen LogP contribution in [0.25, 0.3) is 0 Å². The summed E-state index contributed by atoms with van der Waals surface area (Å²) in [7, 11) is 0. The van der Waals surface area contributed by atoms with Gasteiger partial charge in [-0.25, -0.2) is 0 Å². The van der Waals surface area contributed by atoms with Crippen LogP contribution in [0.5, 0.6) is 0 Å². The molecule has 2 aliphatic rings. The second kappa shape index (κ2) is 12.1. The fraction of sp³-hybridized carbons (Fsp3) is 0.393. The SMILES string of the molecule is Cc1cc(CNC(=O)CCCCCNc2cccc3c2C(=O)N(C2CCC(=O)NC2=O)C3=O)cc(C)c1I. The molecular weight excluding hydrogens is 599 g/mol. The maximum Gasteiger partial charge on any atom is 0.264 e. The van der Waals surface area contributed by atoms with Crippen molar-refractivity contribution in [2.24, 2.45) is 0 Å². The van der Waals surface area contributed by atoms with Crippen molar-refractivity contribution in [3.63, 3.8) is 0 Å². The smallest absolute Gasteiger partial charge is 0.264 e. The Labute approximate surface area is 235 Å². The van der Waals surface area contributed by atoms with Crippen molar-refractivity contribution >= 4 is 57.8 Å². The number of hydrogen-bond acceptors (Lipinski definition) is 6. The van der Waals surface area contributed by atoms with Gasteiger partial charge >= 0.3 is 0 Å². The highest BCUT2D eigenvalue weighted by Gasteiger charge is 2.45. The molecule has 4 rings (SSSR count). The number of halogens is 1. The van der Waals surface area contributed by atoms with Gasteiger partial charge in [0.2, 0.25) is 17.7 Å². The van der Waals surface area contributed by atoms with E-state index in [1.54, 1.807) is 18.2 Å². The molecule has 0 bridgehead atoms. The minimum atomic E-state index is -0.988. The zero-order chi connectivity index (χ0) is 27.4. The molecule has 2 aromatic rings. The lowest BCUT2D eigenvalue weighted by Gasteiger charge is -2.27. The molecular formula is C28H31IN4O5. The number of rotatable bonds is 10. The lowest BCUT2D eigenvalue weighted by atomic mass is 10.0. The minimum Gasteiger partial charge on any atom is -0.384 e. The van der Waals surface area contributed by atoms with Crippen LogP contribution < -0.4 is 16.0 Å². The molecule has 38 heavy (non-hydrogen) atoms. The molecule has 0 spiro atoms. The predicted molar refractivity (Wildman–Crippen MR) is 151 cm³/mol. The van der Waals surface area contributed by atoms with Crippen molar-refractivity contribution in [3.8, 4) is 0 Å². The highest BCUT2D eigenvalue weighted by molar-refractivity contribution is 14.1. The number of hydrogen-bond donors (Lipinski definition) is 3. The van der Waals surface area contributed by atoms with E-state index in [-0.39, 0.29) is 29.9 Å². The van der Waals surface area contributed by atoms with E-state index in [4.69, 9.17) is 0 Å². The summed E-state index contributed by atoms with van der Waals surface area (Å²) in [5.74, 6) is -2.07. The summed E-state index contributed by atoms with van der Waals surface area (Å²) in [6, 6.07) is 8.22. The number of imide groups is 2. The second-order valence-corrected chi connectivity index (χ2v) is 10.8. The number of piperidine rings is 1. The normalized spacial score (nSPS) is 16.9. The van der Waals surface area contributed by atoms with Crippen molar-refractivity contribution in [3.05, 3.63) is 61.7 Å². The van der Waals surface area contributed by atoms with E-state index in [1.165, 1.54) is 14.7 Å². The number of aryl methyl sites for hydroxylation is 2. The van der Waals surface area contributed by atoms with E-state index in [2.05, 4.69) is 64.5 Å². The largest absolute Gasteiger partial charge is 0.384 e. The van der Waals surface area contributed by atoms with Crippen LogP contribution in [0.1, 0.15) is 75.9 Å². The number of nitrogens with one attached hydrogen (secondary N) is 3. The molecule has 2 heterocycles. The molecule has 0 radical (unpaired) electrons. The first-order chi connectivity index (χ1) is 18.2. The van der Waals surface area contributed by atoms with Crippen LogP contribution in [-0.2, 0) is 20.9 Å². The van der Waals surface area contributed by atoms with Gasteiger partial charge in [0.05, 0.1) is 11.1 Å². The first-order valence-corrected chi connectivity index (χ1v) is 13.9. The summed E-state index contributed by atoms with van der Waals surface area (Å²) in [6.45, 7) is 5.22. The van der Waals surface area contributed by atoms with Crippen molar-refractivity contribution < 1.29 is 24.0 Å². The van der Waals surface area contributed by atoms with E-state index in [0.717, 1.165) is 29.7 Å². The molecule has 3 N–H and O–H groups in total. The van der Waals surface area contributed by atoms with Gasteiger partial charge in [0.1, 0.15) is 6.04 Å². The van der Waals surface area contributed by atoms with Crippen LogP contribution in [-0.4, -0.2) is 47.0 Å². The van der Waals surface area contributed by atoms with Gasteiger partial charge in [0.15, 0.2) is 0 Å². The summed E-state index contributed by atoms with van der Waals surface area (Å²) in [5, 5.41) is 8.42. The number of amides is 5. The number of anilines is 1. The molecule has 1 unspecified atom stereocenters. The first kappa shape index (κ1) is 27.7. The quantitative estimate of drug-likeness (QED) is 0.210. The van der Waals surface area contributed by atoms with Gasteiger partial charge in [-0.05, 0) is 84.5 Å². The molecule has 1 atom stereocenters. The number of nitrogens with zero attached hydrogens (tertiary/aromatic N) is 1. The van der Waals surface area contributed by atoms with Crippen molar-refractivity contribution in [1.82, 2.24) is 15.5 Å². The number of fused-ring (bicyclic) bond motifs is 1. The Bertz CT molecular complexity index is 1290. The molecule has 200 valence electrons. The fourth-order valence-electron chi connectivity index (χ4n) is 4.90. The lowest BCUT2D eigenvalue weighted by Crippen LogP contribution is -2.54. The number of carbonyl (C=O) groups is 5. The van der Waals surface area contributed by atoms with Gasteiger partial charge in [-0.1, -0.05) is 24.6 Å². The maximum atomic E-state index is 13.1. The molecule has 0 saturated carbocycles. The molecule has 9 nitrogen and oxygen atoms in total. The summed E-state index contributed by atoms with van der Waals surface area (Å²) in [6.07, 6.45) is 3.00. The molecule has 2 aliphatic heterocycles. The molecule has 0 aliphatic carbocycles. The van der Waals surface area contributed by atoms with Crippen LogP contribution in [0.4, 0.5) is 5.69 Å². The molecule has 2 aromatic carbocycles. The Balaban J connectivity index is 1.23.